The zero-order chi connectivity index (χ0) is 19.3. The van der Waals surface area contributed by atoms with Gasteiger partial charge in [-0.2, -0.15) is 5.01 Å². The van der Waals surface area contributed by atoms with E-state index in [0.29, 0.717) is 17.6 Å². The van der Waals surface area contributed by atoms with Crippen LogP contribution in [0.2, 0.25) is 0 Å². The second kappa shape index (κ2) is 8.53. The highest BCUT2D eigenvalue weighted by Crippen LogP contribution is 2.23. The number of rotatable bonds is 6. The van der Waals surface area contributed by atoms with Crippen LogP contribution in [0.15, 0.2) is 48.5 Å². The minimum absolute atomic E-state index is 0.0916. The summed E-state index contributed by atoms with van der Waals surface area (Å²) < 4.78 is 19.1. The number of quaternary nitrogens is 1. The van der Waals surface area contributed by atoms with Gasteiger partial charge in [0.1, 0.15) is 24.7 Å². The molecular weight excluding hydrogens is 343 g/mol. The van der Waals surface area contributed by atoms with E-state index in [2.05, 4.69) is 7.05 Å². The summed E-state index contributed by atoms with van der Waals surface area (Å²) >= 11 is 0. The Morgan fingerprint density at radius 2 is 1.59 bits per heavy atom. The maximum atomic E-state index is 13.3. The summed E-state index contributed by atoms with van der Waals surface area (Å²) in [6.07, 6.45) is 3.79. The van der Waals surface area contributed by atoms with Gasteiger partial charge in [0, 0.05) is 0 Å². The Bertz CT molecular complexity index is 753. The molecule has 2 aromatic rings. The molecule has 1 aliphatic rings. The summed E-state index contributed by atoms with van der Waals surface area (Å²) in [4.78, 5) is 13.2. The number of nitrogens with zero attached hydrogens (tertiary/aromatic N) is 2. The number of hydrogen-bond donors (Lipinski definition) is 0. The van der Waals surface area contributed by atoms with E-state index in [0.717, 1.165) is 42.8 Å². The van der Waals surface area contributed by atoms with Crippen LogP contribution in [0.4, 0.5) is 4.39 Å². The first-order chi connectivity index (χ1) is 13.0. The molecule has 1 heterocycles. The van der Waals surface area contributed by atoms with Crippen molar-refractivity contribution in [1.82, 2.24) is 5.01 Å². The molecule has 0 unspecified atom stereocenters. The van der Waals surface area contributed by atoms with Gasteiger partial charge >= 0.3 is 0 Å². The molecule has 0 radical (unpaired) electrons. The minimum atomic E-state index is -0.256. The van der Waals surface area contributed by atoms with Gasteiger partial charge in [-0.25, -0.2) is 8.98 Å². The molecule has 0 saturated carbocycles. The molecule has 1 amide bonds. The van der Waals surface area contributed by atoms with E-state index in [1.54, 1.807) is 19.2 Å². The third kappa shape index (κ3) is 4.86. The predicted octanol–water partition coefficient (Wildman–Crippen LogP) is 3.95. The zero-order valence-electron chi connectivity index (χ0n) is 16.2. The normalized spacial score (nSPS) is 16.0. The van der Waals surface area contributed by atoms with Crippen LogP contribution in [0.5, 0.6) is 5.75 Å². The monoisotopic (exact) mass is 371 g/mol. The number of likely N-dealkylation sites (tertiary alicyclic amines) is 1. The third-order valence-corrected chi connectivity index (χ3v) is 5.41. The Hall–Kier alpha value is -2.40. The number of carbonyl (C=O) groups excluding carboxylic acids is 1. The van der Waals surface area contributed by atoms with Crippen LogP contribution < -0.4 is 4.74 Å². The number of halogens is 1. The molecule has 144 valence electrons. The van der Waals surface area contributed by atoms with E-state index >= 15 is 0 Å². The first-order valence-electron chi connectivity index (χ1n) is 9.53. The molecule has 0 aliphatic carbocycles. The lowest BCUT2D eigenvalue weighted by Gasteiger charge is -2.45. The second-order valence-electron chi connectivity index (χ2n) is 7.45. The smallest absolute Gasteiger partial charge is 0.272 e. The number of amides is 1. The summed E-state index contributed by atoms with van der Waals surface area (Å²) in [6.45, 7) is 2.40. The van der Waals surface area contributed by atoms with E-state index < -0.39 is 0 Å². The Morgan fingerprint density at radius 1 is 1.00 bits per heavy atom. The average Bonchev–Trinajstić information content (AvgIpc) is 2.68. The maximum Gasteiger partial charge on any atom is 0.272 e. The van der Waals surface area contributed by atoms with Crippen LogP contribution in [-0.4, -0.2) is 42.8 Å². The molecule has 2 aromatic carbocycles. The van der Waals surface area contributed by atoms with Gasteiger partial charge in [-0.1, -0.05) is 24.3 Å². The van der Waals surface area contributed by atoms with Gasteiger partial charge in [0.2, 0.25) is 0 Å². The van der Waals surface area contributed by atoms with Crippen molar-refractivity contribution < 1.29 is 18.5 Å². The number of piperidine rings is 1. The van der Waals surface area contributed by atoms with E-state index in [1.807, 2.05) is 29.3 Å². The van der Waals surface area contributed by atoms with Crippen molar-refractivity contribution in [3.05, 3.63) is 65.5 Å². The van der Waals surface area contributed by atoms with Gasteiger partial charge < -0.3 is 4.74 Å². The molecular formula is C22H28FN2O2+. The molecule has 1 aliphatic heterocycles. The van der Waals surface area contributed by atoms with Gasteiger partial charge in [0.25, 0.3) is 5.91 Å². The molecule has 0 bridgehead atoms. The molecule has 3 rings (SSSR count). The van der Waals surface area contributed by atoms with E-state index in [-0.39, 0.29) is 11.7 Å². The SMILES string of the molecule is COc1ccc(CC(=O)N(Cc2ccc(F)cc2)[N+]2(C)CCCCC2)cc1. The molecule has 0 spiro atoms. The van der Waals surface area contributed by atoms with Crippen LogP contribution in [0.25, 0.3) is 0 Å². The van der Waals surface area contributed by atoms with Crippen molar-refractivity contribution in [1.29, 1.82) is 0 Å². The van der Waals surface area contributed by atoms with Crippen molar-refractivity contribution >= 4 is 5.91 Å². The van der Waals surface area contributed by atoms with Gasteiger partial charge in [-0.3, -0.25) is 4.79 Å². The number of hydrogen-bond acceptors (Lipinski definition) is 2. The van der Waals surface area contributed by atoms with E-state index in [9.17, 15) is 9.18 Å². The van der Waals surface area contributed by atoms with Gasteiger partial charge in [-0.05, 0) is 54.7 Å². The summed E-state index contributed by atoms with van der Waals surface area (Å²) in [6, 6.07) is 14.1. The number of ether oxygens (including phenoxy) is 1. The fourth-order valence-corrected chi connectivity index (χ4v) is 3.74. The molecule has 1 saturated heterocycles. The molecule has 1 fully saturated rings. The molecule has 0 atom stereocenters. The Kier molecular flexibility index (Phi) is 6.11. The predicted molar refractivity (Wildman–Crippen MR) is 103 cm³/mol. The van der Waals surface area contributed by atoms with Gasteiger partial charge in [0.05, 0.1) is 27.1 Å². The maximum absolute atomic E-state index is 13.3. The second-order valence-corrected chi connectivity index (χ2v) is 7.45. The largest absolute Gasteiger partial charge is 0.497 e. The van der Waals surface area contributed by atoms with Crippen LogP contribution in [0, 0.1) is 5.82 Å². The number of benzene rings is 2. The quantitative estimate of drug-likeness (QED) is 0.720. The summed E-state index contributed by atoms with van der Waals surface area (Å²) in [5, 5.41) is 1.95. The van der Waals surface area contributed by atoms with Crippen LogP contribution in [0.3, 0.4) is 0 Å². The van der Waals surface area contributed by atoms with E-state index in [1.165, 1.54) is 18.6 Å². The Morgan fingerprint density at radius 3 is 2.19 bits per heavy atom. The van der Waals surface area contributed by atoms with Crippen molar-refractivity contribution in [2.75, 3.05) is 27.2 Å². The molecule has 0 N–H and O–H groups in total. The fourth-order valence-electron chi connectivity index (χ4n) is 3.74. The molecule has 27 heavy (non-hydrogen) atoms. The summed E-state index contributed by atoms with van der Waals surface area (Å²) in [5.41, 5.74) is 1.91. The van der Waals surface area contributed by atoms with E-state index in [4.69, 9.17) is 4.74 Å². The highest BCUT2D eigenvalue weighted by Gasteiger charge is 2.36. The average molecular weight is 371 g/mol. The van der Waals surface area contributed by atoms with Gasteiger partial charge in [0.15, 0.2) is 0 Å². The van der Waals surface area contributed by atoms with Crippen molar-refractivity contribution in [2.45, 2.75) is 32.2 Å². The topological polar surface area (TPSA) is 29.5 Å². The summed E-state index contributed by atoms with van der Waals surface area (Å²) in [5.74, 6) is 0.617. The van der Waals surface area contributed by atoms with Crippen LogP contribution >= 0.6 is 0 Å². The lowest BCUT2D eigenvalue weighted by molar-refractivity contribution is -1.01. The Labute approximate surface area is 160 Å². The van der Waals surface area contributed by atoms with Gasteiger partial charge in [-0.15, -0.1) is 0 Å². The third-order valence-electron chi connectivity index (χ3n) is 5.41. The zero-order valence-corrected chi connectivity index (χ0v) is 16.2. The first kappa shape index (κ1) is 19.4. The highest BCUT2D eigenvalue weighted by molar-refractivity contribution is 5.77. The van der Waals surface area contributed by atoms with Crippen molar-refractivity contribution in [3.63, 3.8) is 0 Å². The number of carbonyl (C=O) groups is 1. The Balaban J connectivity index is 1.80. The fraction of sp³-hybridized carbons (Fsp3) is 0.409. The van der Waals surface area contributed by atoms with Crippen molar-refractivity contribution in [3.8, 4) is 5.75 Å². The molecule has 5 heteroatoms. The summed E-state index contributed by atoms with van der Waals surface area (Å²) in [7, 11) is 3.76. The number of methoxy groups -OCH3 is 1. The standard InChI is InChI=1S/C22H28FN2O2/c1-25(14-4-3-5-15-25)24(17-19-6-10-20(23)11-7-19)22(26)16-18-8-12-21(27-2)13-9-18/h6-13H,3-5,14-17H2,1-2H3/q+1. The lowest BCUT2D eigenvalue weighted by atomic mass is 10.1. The van der Waals surface area contributed by atoms with Crippen molar-refractivity contribution in [2.24, 2.45) is 0 Å². The first-order valence-corrected chi connectivity index (χ1v) is 9.53. The minimum Gasteiger partial charge on any atom is -0.497 e. The molecule has 4 nitrogen and oxygen atoms in total. The van der Waals surface area contributed by atoms with Crippen LogP contribution in [0.1, 0.15) is 30.4 Å². The lowest BCUT2D eigenvalue weighted by Crippen LogP contribution is -2.61. The molecule has 0 aromatic heterocycles. The highest BCUT2D eigenvalue weighted by atomic mass is 19.1. The van der Waals surface area contributed by atoms with Crippen LogP contribution in [-0.2, 0) is 17.8 Å².